The smallest absolute Gasteiger partial charge is 0.0815 e. The van der Waals surface area contributed by atoms with Gasteiger partial charge in [0.15, 0.2) is 0 Å². The van der Waals surface area contributed by atoms with Gasteiger partial charge in [0, 0.05) is 8.15 Å². The van der Waals surface area contributed by atoms with Gasteiger partial charge in [-0.3, -0.25) is 0 Å². The number of hydrogen-bond donors (Lipinski definition) is 0. The summed E-state index contributed by atoms with van der Waals surface area (Å²) in [5, 5.41) is 0. The third-order valence-electron chi connectivity index (χ3n) is 2.54. The third-order valence-corrected chi connectivity index (χ3v) is 4.02. The van der Waals surface area contributed by atoms with E-state index in [0.29, 0.717) is 12.2 Å². The molecule has 15 heavy (non-hydrogen) atoms. The van der Waals surface area contributed by atoms with Crippen molar-refractivity contribution in [2.24, 2.45) is 0 Å². The molecule has 0 aromatic rings. The topological polar surface area (TPSA) is 18.5 Å². The first-order chi connectivity index (χ1) is 7.13. The summed E-state index contributed by atoms with van der Waals surface area (Å²) in [5.74, 6) is 0. The zero-order chi connectivity index (χ0) is 11.7. The van der Waals surface area contributed by atoms with Crippen LogP contribution in [0.15, 0.2) is 0 Å². The maximum absolute atomic E-state index is 5.92. The molecular weight excluding hydrogens is 207 g/mol. The second-order valence-corrected chi connectivity index (χ2v) is 6.15. The van der Waals surface area contributed by atoms with Crippen molar-refractivity contribution in [3.63, 3.8) is 0 Å². The SMILES string of the molecule is CCCC(COP(C)CC)OC(C)CC. The van der Waals surface area contributed by atoms with E-state index < -0.39 is 0 Å². The summed E-state index contributed by atoms with van der Waals surface area (Å²) >= 11 is 0. The lowest BCUT2D eigenvalue weighted by Gasteiger charge is -2.22. The molecule has 3 unspecified atom stereocenters. The van der Waals surface area contributed by atoms with E-state index in [-0.39, 0.29) is 8.15 Å². The van der Waals surface area contributed by atoms with Gasteiger partial charge in [-0.05, 0) is 32.6 Å². The van der Waals surface area contributed by atoms with E-state index in [0.717, 1.165) is 32.0 Å². The van der Waals surface area contributed by atoms with Crippen LogP contribution in [-0.2, 0) is 9.26 Å². The molecule has 3 atom stereocenters. The molecule has 0 rings (SSSR count). The molecule has 92 valence electrons. The lowest BCUT2D eigenvalue weighted by atomic mass is 10.2. The quantitative estimate of drug-likeness (QED) is 0.561. The van der Waals surface area contributed by atoms with Crippen LogP contribution in [0, 0.1) is 0 Å². The maximum atomic E-state index is 5.92. The van der Waals surface area contributed by atoms with Gasteiger partial charge in [0.25, 0.3) is 0 Å². The van der Waals surface area contributed by atoms with E-state index in [4.69, 9.17) is 9.26 Å². The third kappa shape index (κ3) is 8.19. The monoisotopic (exact) mass is 234 g/mol. The van der Waals surface area contributed by atoms with Crippen molar-refractivity contribution in [2.45, 2.75) is 59.2 Å². The van der Waals surface area contributed by atoms with Crippen LogP contribution in [0.3, 0.4) is 0 Å². The fraction of sp³-hybridized carbons (Fsp3) is 1.00. The molecule has 0 bridgehead atoms. The Balaban J connectivity index is 3.81. The molecule has 0 aliphatic heterocycles. The minimum atomic E-state index is -0.231. The highest BCUT2D eigenvalue weighted by molar-refractivity contribution is 7.51. The first-order valence-electron chi connectivity index (χ1n) is 6.13. The lowest BCUT2D eigenvalue weighted by molar-refractivity contribution is -0.0290. The zero-order valence-electron chi connectivity index (χ0n) is 11.0. The molecule has 0 aliphatic rings. The molecule has 0 N–H and O–H groups in total. The normalized spacial score (nSPS) is 17.4. The lowest BCUT2D eigenvalue weighted by Crippen LogP contribution is -2.23. The molecule has 3 heteroatoms. The van der Waals surface area contributed by atoms with Crippen LogP contribution in [0.25, 0.3) is 0 Å². The summed E-state index contributed by atoms with van der Waals surface area (Å²) in [6.07, 6.45) is 5.14. The molecule has 0 amide bonds. The molecule has 0 aromatic carbocycles. The fourth-order valence-electron chi connectivity index (χ4n) is 1.24. The molecule has 0 saturated heterocycles. The van der Waals surface area contributed by atoms with Crippen LogP contribution in [-0.4, -0.2) is 31.6 Å². The van der Waals surface area contributed by atoms with Crippen molar-refractivity contribution < 1.29 is 9.26 Å². The van der Waals surface area contributed by atoms with Crippen LogP contribution in [0.5, 0.6) is 0 Å². The summed E-state index contributed by atoms with van der Waals surface area (Å²) in [7, 11) is -0.231. The van der Waals surface area contributed by atoms with E-state index >= 15 is 0 Å². The standard InChI is InChI=1S/C12H27O2P/c1-6-9-12(14-11(4)7-2)10-13-15(5)8-3/h11-12H,6-10H2,1-5H3. The number of rotatable bonds is 9. The van der Waals surface area contributed by atoms with E-state index in [2.05, 4.69) is 34.4 Å². The van der Waals surface area contributed by atoms with Crippen LogP contribution < -0.4 is 0 Å². The van der Waals surface area contributed by atoms with Gasteiger partial charge in [0.2, 0.25) is 0 Å². The van der Waals surface area contributed by atoms with Crippen LogP contribution in [0.4, 0.5) is 0 Å². The van der Waals surface area contributed by atoms with Crippen LogP contribution in [0.2, 0.25) is 0 Å². The van der Waals surface area contributed by atoms with Gasteiger partial charge < -0.3 is 9.26 Å². The molecule has 0 radical (unpaired) electrons. The molecule has 0 aliphatic carbocycles. The van der Waals surface area contributed by atoms with Crippen molar-refractivity contribution in [1.29, 1.82) is 0 Å². The highest BCUT2D eigenvalue weighted by Crippen LogP contribution is 2.31. The Bertz CT molecular complexity index is 142. The zero-order valence-corrected chi connectivity index (χ0v) is 11.8. The number of ether oxygens (including phenoxy) is 1. The Labute approximate surface area is 96.6 Å². The fourth-order valence-corrected chi connectivity index (χ4v) is 1.84. The Morgan fingerprint density at radius 1 is 1.20 bits per heavy atom. The first-order valence-corrected chi connectivity index (χ1v) is 8.02. The predicted molar refractivity (Wildman–Crippen MR) is 68.9 cm³/mol. The van der Waals surface area contributed by atoms with E-state index in [1.54, 1.807) is 0 Å². The second kappa shape index (κ2) is 9.57. The van der Waals surface area contributed by atoms with Crippen molar-refractivity contribution in [2.75, 3.05) is 19.4 Å². The van der Waals surface area contributed by atoms with Gasteiger partial charge in [-0.15, -0.1) is 0 Å². The summed E-state index contributed by atoms with van der Waals surface area (Å²) in [5.41, 5.74) is 0. The number of hydrogen-bond acceptors (Lipinski definition) is 2. The van der Waals surface area contributed by atoms with Crippen molar-refractivity contribution in [3.8, 4) is 0 Å². The van der Waals surface area contributed by atoms with Gasteiger partial charge in [-0.25, -0.2) is 0 Å². The van der Waals surface area contributed by atoms with Gasteiger partial charge in [-0.1, -0.05) is 27.2 Å². The highest BCUT2D eigenvalue weighted by atomic mass is 31.1. The summed E-state index contributed by atoms with van der Waals surface area (Å²) in [4.78, 5) is 0. The van der Waals surface area contributed by atoms with E-state index in [1.807, 2.05) is 0 Å². The van der Waals surface area contributed by atoms with Crippen molar-refractivity contribution >= 4 is 8.15 Å². The minimum absolute atomic E-state index is 0.231. The molecule has 0 saturated carbocycles. The molecule has 0 heterocycles. The Hall–Kier alpha value is 0.350. The van der Waals surface area contributed by atoms with Gasteiger partial charge in [0.05, 0.1) is 18.8 Å². The van der Waals surface area contributed by atoms with Gasteiger partial charge in [-0.2, -0.15) is 0 Å². The largest absolute Gasteiger partial charge is 0.373 e. The van der Waals surface area contributed by atoms with Gasteiger partial charge in [0.1, 0.15) is 0 Å². The highest BCUT2D eigenvalue weighted by Gasteiger charge is 2.13. The first kappa shape index (κ1) is 15.3. The van der Waals surface area contributed by atoms with Gasteiger partial charge >= 0.3 is 0 Å². The second-order valence-electron chi connectivity index (χ2n) is 4.01. The average Bonchev–Trinajstić information content (AvgIpc) is 2.25. The van der Waals surface area contributed by atoms with Crippen molar-refractivity contribution in [1.82, 2.24) is 0 Å². The summed E-state index contributed by atoms with van der Waals surface area (Å²) < 4.78 is 11.7. The van der Waals surface area contributed by atoms with E-state index in [9.17, 15) is 0 Å². The predicted octanol–water partition coefficient (Wildman–Crippen LogP) is 4.03. The minimum Gasteiger partial charge on any atom is -0.373 e. The Morgan fingerprint density at radius 3 is 2.33 bits per heavy atom. The van der Waals surface area contributed by atoms with E-state index in [1.165, 1.54) is 0 Å². The Kier molecular flexibility index (Phi) is 9.79. The van der Waals surface area contributed by atoms with Crippen LogP contribution in [0.1, 0.15) is 47.0 Å². The molecule has 0 aromatic heterocycles. The maximum Gasteiger partial charge on any atom is 0.0815 e. The summed E-state index contributed by atoms with van der Waals surface area (Å²) in [6, 6.07) is 0. The molecule has 0 fully saturated rings. The molecular formula is C12H27O2P. The summed E-state index contributed by atoms with van der Waals surface area (Å²) in [6.45, 7) is 11.6. The Morgan fingerprint density at radius 2 is 1.87 bits per heavy atom. The molecule has 0 spiro atoms. The van der Waals surface area contributed by atoms with Crippen molar-refractivity contribution in [3.05, 3.63) is 0 Å². The van der Waals surface area contributed by atoms with Crippen LogP contribution >= 0.6 is 8.15 Å². The molecule has 2 nitrogen and oxygen atoms in total. The average molecular weight is 234 g/mol.